The Morgan fingerprint density at radius 1 is 0.256 bits per heavy atom. The molecule has 6 aromatic carbocycles. The second-order valence-corrected chi connectivity index (χ2v) is 12.0. The summed E-state index contributed by atoms with van der Waals surface area (Å²) in [5.74, 6) is 4.40. The van der Waals surface area contributed by atoms with Gasteiger partial charge >= 0.3 is 16.8 Å². The van der Waals surface area contributed by atoms with Gasteiger partial charge in [-0.25, -0.2) is 0 Å². The van der Waals surface area contributed by atoms with E-state index in [-0.39, 0.29) is 0 Å². The molecule has 6 rings (SSSR count). The van der Waals surface area contributed by atoms with E-state index in [9.17, 15) is 0 Å². The first-order chi connectivity index (χ1) is 21.3. The number of hydrogen-bond donors (Lipinski definition) is 0. The molecule has 0 aliphatic rings. The second kappa shape index (κ2) is 14.4. The van der Waals surface area contributed by atoms with Crippen molar-refractivity contribution in [3.05, 3.63) is 170 Å². The summed E-state index contributed by atoms with van der Waals surface area (Å²) in [6.07, 6.45) is 0. The van der Waals surface area contributed by atoms with Gasteiger partial charge in [-0.2, -0.15) is 0 Å². The van der Waals surface area contributed by atoms with Crippen LogP contribution in [0.3, 0.4) is 0 Å². The maximum absolute atomic E-state index is 6.26. The fourth-order valence-corrected chi connectivity index (χ4v) is 6.50. The lowest BCUT2D eigenvalue weighted by molar-refractivity contribution is 0.482. The molecule has 6 aromatic rings. The lowest BCUT2D eigenvalue weighted by Crippen LogP contribution is -2.10. The number of hydrogen-bond acceptors (Lipinski definition) is 5. The minimum absolute atomic E-state index is 0.703. The first kappa shape index (κ1) is 28.3. The zero-order valence-corrected chi connectivity index (χ0v) is 24.9. The molecule has 0 aliphatic heterocycles. The van der Waals surface area contributed by atoms with E-state index < -0.39 is 16.8 Å². The van der Waals surface area contributed by atoms with Gasteiger partial charge in [0.25, 0.3) is 0 Å². The Morgan fingerprint density at radius 3 is 0.767 bits per heavy atom. The summed E-state index contributed by atoms with van der Waals surface area (Å²) in [5.41, 5.74) is 0. The van der Waals surface area contributed by atoms with Crippen LogP contribution in [0.5, 0.6) is 34.5 Å². The first-order valence-corrected chi connectivity index (χ1v) is 16.0. The molecule has 0 atom stereocenters. The molecule has 0 saturated carbocycles. The Labute approximate surface area is 254 Å². The van der Waals surface area contributed by atoms with E-state index in [2.05, 4.69) is 0 Å². The van der Waals surface area contributed by atoms with E-state index >= 15 is 0 Å². The molecule has 0 N–H and O–H groups in total. The highest BCUT2D eigenvalue weighted by atomic mass is 31.2. The molecule has 0 aromatic heterocycles. The Hall–Kier alpha value is -4.82. The smallest absolute Gasteiger partial charge is 0.326 e. The predicted molar refractivity (Wildman–Crippen MR) is 174 cm³/mol. The second-order valence-electron chi connectivity index (χ2n) is 9.22. The summed E-state index contributed by atoms with van der Waals surface area (Å²) in [4.78, 5) is 0. The van der Waals surface area contributed by atoms with Crippen molar-refractivity contribution in [2.75, 3.05) is 0 Å². The maximum atomic E-state index is 6.26. The highest BCUT2D eigenvalue weighted by molar-refractivity contribution is 7.57. The number of ether oxygens (including phenoxy) is 1. The minimum Gasteiger partial charge on any atom is -0.457 e. The Bertz CT molecular complexity index is 1460. The molecule has 212 valence electrons. The van der Waals surface area contributed by atoms with E-state index in [1.165, 1.54) is 0 Å². The van der Waals surface area contributed by atoms with Crippen molar-refractivity contribution in [2.24, 2.45) is 0 Å². The van der Waals surface area contributed by atoms with Crippen molar-refractivity contribution in [3.63, 3.8) is 0 Å². The standard InChI is InChI=1S/C36H28O5P2/c1-5-13-31(14-6-1)38-42(39-32-15-7-2-8-16-32)35-25-21-29(22-26-35)37-30-23-27-36(28-24-30)43(40-33-17-9-3-10-18-33)41-34-19-11-4-12-20-34/h1-28H. The van der Waals surface area contributed by atoms with Crippen LogP contribution in [0.4, 0.5) is 0 Å². The molecule has 0 radical (unpaired) electrons. The fourth-order valence-electron chi connectivity index (χ4n) is 3.96. The summed E-state index contributed by atoms with van der Waals surface area (Å²) in [5, 5.41) is 1.85. The van der Waals surface area contributed by atoms with E-state index in [0.717, 1.165) is 33.6 Å². The molecule has 0 spiro atoms. The quantitative estimate of drug-likeness (QED) is 0.131. The van der Waals surface area contributed by atoms with Crippen LogP contribution in [0, 0.1) is 0 Å². The molecule has 0 heterocycles. The topological polar surface area (TPSA) is 46.2 Å². The zero-order chi connectivity index (χ0) is 29.1. The van der Waals surface area contributed by atoms with Gasteiger partial charge in [0.2, 0.25) is 0 Å². The lowest BCUT2D eigenvalue weighted by atomic mass is 10.3. The van der Waals surface area contributed by atoms with Gasteiger partial charge in [-0.1, -0.05) is 72.8 Å². The predicted octanol–water partition coefficient (Wildman–Crippen LogP) is 9.67. The Morgan fingerprint density at radius 2 is 0.512 bits per heavy atom. The number of rotatable bonds is 12. The molecule has 0 amide bonds. The van der Waals surface area contributed by atoms with E-state index in [4.69, 9.17) is 22.8 Å². The molecule has 43 heavy (non-hydrogen) atoms. The molecular formula is C36H28O5P2. The molecule has 0 aliphatic carbocycles. The zero-order valence-electron chi connectivity index (χ0n) is 23.1. The van der Waals surface area contributed by atoms with Gasteiger partial charge in [0.1, 0.15) is 34.5 Å². The first-order valence-electron chi connectivity index (χ1n) is 13.7. The van der Waals surface area contributed by atoms with Gasteiger partial charge in [-0.15, -0.1) is 0 Å². The van der Waals surface area contributed by atoms with E-state index in [1.54, 1.807) is 0 Å². The van der Waals surface area contributed by atoms with Gasteiger partial charge < -0.3 is 22.8 Å². The third-order valence-electron chi connectivity index (χ3n) is 6.06. The van der Waals surface area contributed by atoms with Crippen LogP contribution < -0.4 is 33.4 Å². The molecule has 7 heteroatoms. The minimum atomic E-state index is -1.42. The Kier molecular flexibility index (Phi) is 9.46. The normalized spacial score (nSPS) is 10.7. The van der Waals surface area contributed by atoms with Crippen molar-refractivity contribution in [2.45, 2.75) is 0 Å². The highest BCUT2D eigenvalue weighted by Gasteiger charge is 2.20. The summed E-state index contributed by atoms with van der Waals surface area (Å²) < 4.78 is 31.2. The number of para-hydroxylation sites is 4. The van der Waals surface area contributed by atoms with E-state index in [0.29, 0.717) is 11.5 Å². The summed E-state index contributed by atoms with van der Waals surface area (Å²) in [6.45, 7) is 0. The summed E-state index contributed by atoms with van der Waals surface area (Å²) in [7, 11) is -2.83. The molecule has 0 bridgehead atoms. The monoisotopic (exact) mass is 602 g/mol. The van der Waals surface area contributed by atoms with Crippen molar-refractivity contribution in [1.82, 2.24) is 0 Å². The average Bonchev–Trinajstić information content (AvgIpc) is 3.07. The highest BCUT2D eigenvalue weighted by Crippen LogP contribution is 2.41. The maximum Gasteiger partial charge on any atom is 0.326 e. The third-order valence-corrected chi connectivity index (χ3v) is 9.00. The van der Waals surface area contributed by atoms with Crippen LogP contribution in [0.15, 0.2) is 170 Å². The molecular weight excluding hydrogens is 574 g/mol. The van der Waals surface area contributed by atoms with Crippen molar-refractivity contribution >= 4 is 27.4 Å². The SMILES string of the molecule is c1ccc(OP(Oc2ccccc2)c2ccc(Oc3ccc(P(Oc4ccccc4)Oc4ccccc4)cc3)cc2)cc1. The summed E-state index contributed by atoms with van der Waals surface area (Å²) in [6, 6.07) is 54.3. The number of benzene rings is 6. The van der Waals surface area contributed by atoms with Crippen LogP contribution in [0.25, 0.3) is 0 Å². The average molecular weight is 603 g/mol. The van der Waals surface area contributed by atoms with Gasteiger partial charge in [0.15, 0.2) is 0 Å². The van der Waals surface area contributed by atoms with E-state index in [1.807, 2.05) is 170 Å². The third kappa shape index (κ3) is 8.14. The van der Waals surface area contributed by atoms with Crippen molar-refractivity contribution < 1.29 is 22.8 Å². The van der Waals surface area contributed by atoms with Crippen LogP contribution in [0.1, 0.15) is 0 Å². The van der Waals surface area contributed by atoms with Crippen LogP contribution in [0.2, 0.25) is 0 Å². The molecule has 0 unspecified atom stereocenters. The Balaban J connectivity index is 1.16. The van der Waals surface area contributed by atoms with Gasteiger partial charge in [0, 0.05) is 0 Å². The molecule has 0 saturated heterocycles. The largest absolute Gasteiger partial charge is 0.457 e. The molecule has 0 fully saturated rings. The molecule has 5 nitrogen and oxygen atoms in total. The summed E-state index contributed by atoms with van der Waals surface area (Å²) >= 11 is 0. The van der Waals surface area contributed by atoms with Crippen LogP contribution in [-0.4, -0.2) is 0 Å². The van der Waals surface area contributed by atoms with Crippen LogP contribution in [-0.2, 0) is 0 Å². The van der Waals surface area contributed by atoms with Gasteiger partial charge in [0.05, 0.1) is 10.6 Å². The van der Waals surface area contributed by atoms with Gasteiger partial charge in [-0.3, -0.25) is 0 Å². The lowest BCUT2D eigenvalue weighted by Gasteiger charge is -2.19. The van der Waals surface area contributed by atoms with Crippen LogP contribution >= 0.6 is 16.8 Å². The van der Waals surface area contributed by atoms with Crippen molar-refractivity contribution in [1.29, 1.82) is 0 Å². The van der Waals surface area contributed by atoms with Gasteiger partial charge in [-0.05, 0) is 97.1 Å². The fraction of sp³-hybridized carbons (Fsp3) is 0. The van der Waals surface area contributed by atoms with Crippen molar-refractivity contribution in [3.8, 4) is 34.5 Å².